The molecule has 0 aliphatic carbocycles. The van der Waals surface area contributed by atoms with E-state index in [1.165, 1.54) is 0 Å². The van der Waals surface area contributed by atoms with Crippen molar-refractivity contribution in [1.29, 1.82) is 0 Å². The molecule has 2 N–H and O–H groups in total. The number of amides is 1. The van der Waals surface area contributed by atoms with Crippen molar-refractivity contribution in [2.75, 3.05) is 17.7 Å². The molecule has 5 nitrogen and oxygen atoms in total. The number of carbonyl (C=O) groups excluding carboxylic acids is 1. The Bertz CT molecular complexity index is 927. The predicted molar refractivity (Wildman–Crippen MR) is 105 cm³/mol. The van der Waals surface area contributed by atoms with Gasteiger partial charge in [-0.2, -0.15) is 0 Å². The van der Waals surface area contributed by atoms with E-state index in [2.05, 4.69) is 15.6 Å². The maximum Gasteiger partial charge on any atom is 0.256 e. The van der Waals surface area contributed by atoms with E-state index in [-0.39, 0.29) is 5.91 Å². The maximum absolute atomic E-state index is 12.3. The molecule has 3 aromatic rings. The van der Waals surface area contributed by atoms with Crippen molar-refractivity contribution in [2.45, 2.75) is 6.92 Å². The van der Waals surface area contributed by atoms with Gasteiger partial charge in [-0.1, -0.05) is 29.3 Å². The summed E-state index contributed by atoms with van der Waals surface area (Å²) in [6.45, 7) is 1.94. The molecule has 1 heterocycles. The molecule has 0 bridgehead atoms. The number of methoxy groups -OCH3 is 1. The highest BCUT2D eigenvalue weighted by molar-refractivity contribution is 6.31. The molecule has 2 aromatic carbocycles. The van der Waals surface area contributed by atoms with Crippen molar-refractivity contribution in [3.63, 3.8) is 0 Å². The fraction of sp³-hybridized carbons (Fsp3) is 0.100. The SMILES string of the molecule is COc1ccc(Cl)cc1Nc1ccc(NC(=O)c2cccc(C)c2)nc1. The highest BCUT2D eigenvalue weighted by Gasteiger charge is 2.08. The summed E-state index contributed by atoms with van der Waals surface area (Å²) in [5.41, 5.74) is 3.11. The normalized spacial score (nSPS) is 10.3. The third-order valence-electron chi connectivity index (χ3n) is 3.73. The second kappa shape index (κ2) is 7.89. The molecule has 1 amide bonds. The van der Waals surface area contributed by atoms with Crippen LogP contribution in [0.2, 0.25) is 5.02 Å². The summed E-state index contributed by atoms with van der Waals surface area (Å²) in [6.07, 6.45) is 1.63. The van der Waals surface area contributed by atoms with Gasteiger partial charge in [0.25, 0.3) is 5.91 Å². The van der Waals surface area contributed by atoms with Gasteiger partial charge in [0.2, 0.25) is 0 Å². The summed E-state index contributed by atoms with van der Waals surface area (Å²) in [4.78, 5) is 16.5. The minimum absolute atomic E-state index is 0.196. The Labute approximate surface area is 157 Å². The van der Waals surface area contributed by atoms with Crippen molar-refractivity contribution in [1.82, 2.24) is 4.98 Å². The zero-order chi connectivity index (χ0) is 18.5. The fourth-order valence-corrected chi connectivity index (χ4v) is 2.62. The van der Waals surface area contributed by atoms with Crippen LogP contribution < -0.4 is 15.4 Å². The molecular weight excluding hydrogens is 350 g/mol. The third-order valence-corrected chi connectivity index (χ3v) is 3.96. The average molecular weight is 368 g/mol. The lowest BCUT2D eigenvalue weighted by molar-refractivity contribution is 0.102. The molecule has 0 aliphatic rings. The molecule has 0 aliphatic heterocycles. The monoisotopic (exact) mass is 367 g/mol. The molecule has 0 saturated carbocycles. The number of nitrogens with zero attached hydrogens (tertiary/aromatic N) is 1. The van der Waals surface area contributed by atoms with Gasteiger partial charge >= 0.3 is 0 Å². The third kappa shape index (κ3) is 4.32. The van der Waals surface area contributed by atoms with Crippen LogP contribution in [0.5, 0.6) is 5.75 Å². The zero-order valence-electron chi connectivity index (χ0n) is 14.4. The molecule has 0 radical (unpaired) electrons. The van der Waals surface area contributed by atoms with Gasteiger partial charge in [-0.25, -0.2) is 4.98 Å². The quantitative estimate of drug-likeness (QED) is 0.662. The van der Waals surface area contributed by atoms with Crippen LogP contribution in [0.3, 0.4) is 0 Å². The Kier molecular flexibility index (Phi) is 5.39. The number of pyridine rings is 1. The van der Waals surface area contributed by atoms with Gasteiger partial charge in [0.05, 0.1) is 24.7 Å². The first-order valence-corrected chi connectivity index (χ1v) is 8.37. The molecule has 0 atom stereocenters. The van der Waals surface area contributed by atoms with Crippen molar-refractivity contribution in [3.05, 3.63) is 76.9 Å². The van der Waals surface area contributed by atoms with E-state index in [1.807, 2.05) is 31.2 Å². The number of ether oxygens (including phenoxy) is 1. The van der Waals surface area contributed by atoms with Crippen molar-refractivity contribution < 1.29 is 9.53 Å². The van der Waals surface area contributed by atoms with Gasteiger partial charge in [0.1, 0.15) is 11.6 Å². The number of rotatable bonds is 5. The Morgan fingerprint density at radius 1 is 1.12 bits per heavy atom. The first-order valence-electron chi connectivity index (χ1n) is 8.00. The molecule has 0 saturated heterocycles. The average Bonchev–Trinajstić information content (AvgIpc) is 2.63. The molecule has 0 spiro atoms. The summed E-state index contributed by atoms with van der Waals surface area (Å²) in [5, 5.41) is 6.58. The fourth-order valence-electron chi connectivity index (χ4n) is 2.45. The number of carbonyl (C=O) groups is 1. The molecule has 3 rings (SSSR count). The number of anilines is 3. The number of aryl methyl sites for hydroxylation is 1. The molecule has 0 fully saturated rings. The van der Waals surface area contributed by atoms with E-state index in [4.69, 9.17) is 16.3 Å². The van der Waals surface area contributed by atoms with Gasteiger partial charge in [0.15, 0.2) is 0 Å². The van der Waals surface area contributed by atoms with E-state index < -0.39 is 0 Å². The van der Waals surface area contributed by atoms with Crippen molar-refractivity contribution >= 4 is 34.7 Å². The summed E-state index contributed by atoms with van der Waals surface area (Å²) in [6, 6.07) is 16.3. The van der Waals surface area contributed by atoms with Gasteiger partial charge in [0, 0.05) is 10.6 Å². The van der Waals surface area contributed by atoms with E-state index in [9.17, 15) is 4.79 Å². The first kappa shape index (κ1) is 17.8. The Morgan fingerprint density at radius 3 is 2.65 bits per heavy atom. The number of aromatic nitrogens is 1. The standard InChI is InChI=1S/C20H18ClN3O2/c1-13-4-3-5-14(10-13)20(25)24-19-9-7-16(12-22-19)23-17-11-15(21)6-8-18(17)26-2/h3-12,23H,1-2H3,(H,22,24,25). The molecule has 26 heavy (non-hydrogen) atoms. The first-order chi connectivity index (χ1) is 12.5. The molecule has 0 unspecified atom stereocenters. The van der Waals surface area contributed by atoms with Gasteiger partial charge in [-0.3, -0.25) is 4.79 Å². The van der Waals surface area contributed by atoms with Crippen LogP contribution in [0.15, 0.2) is 60.8 Å². The van der Waals surface area contributed by atoms with Crippen LogP contribution in [-0.2, 0) is 0 Å². The van der Waals surface area contributed by atoms with E-state index >= 15 is 0 Å². The van der Waals surface area contributed by atoms with Gasteiger partial charge in [-0.15, -0.1) is 0 Å². The van der Waals surface area contributed by atoms with E-state index in [0.717, 1.165) is 16.9 Å². The number of nitrogens with one attached hydrogen (secondary N) is 2. The van der Waals surface area contributed by atoms with Gasteiger partial charge < -0.3 is 15.4 Å². The predicted octanol–water partition coefficient (Wildman–Crippen LogP) is 5.05. The molecule has 6 heteroatoms. The number of benzene rings is 2. The van der Waals surface area contributed by atoms with Crippen LogP contribution >= 0.6 is 11.6 Å². The highest BCUT2D eigenvalue weighted by atomic mass is 35.5. The lowest BCUT2D eigenvalue weighted by atomic mass is 10.1. The van der Waals surface area contributed by atoms with E-state index in [1.54, 1.807) is 43.6 Å². The maximum atomic E-state index is 12.3. The Morgan fingerprint density at radius 2 is 1.96 bits per heavy atom. The number of hydrogen-bond donors (Lipinski definition) is 2. The topological polar surface area (TPSA) is 63.2 Å². The van der Waals surface area contributed by atoms with Crippen molar-refractivity contribution in [3.8, 4) is 5.75 Å². The second-order valence-corrected chi connectivity index (χ2v) is 6.16. The minimum atomic E-state index is -0.196. The van der Waals surface area contributed by atoms with Crippen LogP contribution in [0, 0.1) is 6.92 Å². The van der Waals surface area contributed by atoms with Gasteiger partial charge in [-0.05, 0) is 49.4 Å². The lowest BCUT2D eigenvalue weighted by Crippen LogP contribution is -2.13. The largest absolute Gasteiger partial charge is 0.495 e. The Balaban J connectivity index is 1.71. The summed E-state index contributed by atoms with van der Waals surface area (Å²) in [7, 11) is 1.59. The second-order valence-electron chi connectivity index (χ2n) is 5.73. The highest BCUT2D eigenvalue weighted by Crippen LogP contribution is 2.30. The molecule has 132 valence electrons. The van der Waals surface area contributed by atoms with Crippen LogP contribution in [0.25, 0.3) is 0 Å². The van der Waals surface area contributed by atoms with E-state index in [0.29, 0.717) is 22.2 Å². The van der Waals surface area contributed by atoms with Crippen molar-refractivity contribution in [2.24, 2.45) is 0 Å². The number of hydrogen-bond acceptors (Lipinski definition) is 4. The summed E-state index contributed by atoms with van der Waals surface area (Å²) in [5.74, 6) is 0.949. The Hall–Kier alpha value is -3.05. The molecular formula is C20H18ClN3O2. The molecule has 1 aromatic heterocycles. The summed E-state index contributed by atoms with van der Waals surface area (Å²) >= 11 is 6.03. The summed E-state index contributed by atoms with van der Waals surface area (Å²) < 4.78 is 5.31. The minimum Gasteiger partial charge on any atom is -0.495 e. The number of halogens is 1. The van der Waals surface area contributed by atoms with Crippen LogP contribution in [-0.4, -0.2) is 18.0 Å². The van der Waals surface area contributed by atoms with Crippen LogP contribution in [0.1, 0.15) is 15.9 Å². The zero-order valence-corrected chi connectivity index (χ0v) is 15.2. The lowest BCUT2D eigenvalue weighted by Gasteiger charge is -2.12. The van der Waals surface area contributed by atoms with Crippen LogP contribution in [0.4, 0.5) is 17.2 Å². The smallest absolute Gasteiger partial charge is 0.256 e.